The van der Waals surface area contributed by atoms with Crippen LogP contribution in [-0.4, -0.2) is 41.4 Å². The molecule has 158 valence electrons. The third kappa shape index (κ3) is 5.38. The summed E-state index contributed by atoms with van der Waals surface area (Å²) < 4.78 is 38.1. The number of carbonyl (C=O) groups excluding carboxylic acids is 1. The van der Waals surface area contributed by atoms with Gasteiger partial charge in [0, 0.05) is 49.2 Å². The van der Waals surface area contributed by atoms with Gasteiger partial charge in [0.15, 0.2) is 0 Å². The molecule has 1 N–H and O–H groups in total. The minimum Gasteiger partial charge on any atom is -0.363 e. The standard InChI is InChI=1S/C22H17F3N4O2/c1-28(2)20-13-18(29(31)21(30)22(23,24)25)12-19(27-20)17-9-7-15(8-10-17)5-6-16-4-3-11-26-14-16/h3-4,7-14,31H,1-2H3. The molecule has 1 amide bonds. The van der Waals surface area contributed by atoms with Crippen LogP contribution in [0.5, 0.6) is 0 Å². The Hall–Kier alpha value is -3.90. The summed E-state index contributed by atoms with van der Waals surface area (Å²) in [5.41, 5.74) is 1.98. The van der Waals surface area contributed by atoms with E-state index in [0.717, 1.165) is 5.56 Å². The molecule has 0 spiro atoms. The average molecular weight is 426 g/mol. The number of aromatic nitrogens is 2. The molecule has 3 rings (SSSR count). The molecule has 0 aliphatic heterocycles. The van der Waals surface area contributed by atoms with Crippen molar-refractivity contribution in [1.29, 1.82) is 0 Å². The molecule has 2 heterocycles. The van der Waals surface area contributed by atoms with Crippen molar-refractivity contribution in [2.45, 2.75) is 6.18 Å². The van der Waals surface area contributed by atoms with Crippen LogP contribution in [0, 0.1) is 11.8 Å². The van der Waals surface area contributed by atoms with Gasteiger partial charge in [-0.05, 0) is 30.3 Å². The van der Waals surface area contributed by atoms with Crippen molar-refractivity contribution in [3.05, 3.63) is 72.1 Å². The van der Waals surface area contributed by atoms with E-state index in [1.807, 2.05) is 6.07 Å². The van der Waals surface area contributed by atoms with E-state index in [1.54, 1.807) is 61.7 Å². The molecule has 0 radical (unpaired) electrons. The molecule has 0 atom stereocenters. The second-order valence-corrected chi connectivity index (χ2v) is 6.65. The van der Waals surface area contributed by atoms with Gasteiger partial charge in [-0.25, -0.2) is 4.98 Å². The fraction of sp³-hybridized carbons (Fsp3) is 0.136. The Morgan fingerprint density at radius 2 is 1.71 bits per heavy atom. The molecule has 0 saturated carbocycles. The van der Waals surface area contributed by atoms with Gasteiger partial charge in [0.25, 0.3) is 0 Å². The summed E-state index contributed by atoms with van der Waals surface area (Å²) >= 11 is 0. The average Bonchev–Trinajstić information content (AvgIpc) is 2.76. The lowest BCUT2D eigenvalue weighted by atomic mass is 10.1. The lowest BCUT2D eigenvalue weighted by Gasteiger charge is -2.20. The van der Waals surface area contributed by atoms with Crippen LogP contribution < -0.4 is 9.96 Å². The minimum absolute atomic E-state index is 0.266. The Morgan fingerprint density at radius 1 is 1.03 bits per heavy atom. The fourth-order valence-corrected chi connectivity index (χ4v) is 2.54. The number of rotatable bonds is 3. The number of hydrogen-bond acceptors (Lipinski definition) is 5. The van der Waals surface area contributed by atoms with Crippen LogP contribution in [0.2, 0.25) is 0 Å². The molecule has 2 aromatic heterocycles. The highest BCUT2D eigenvalue weighted by molar-refractivity contribution is 5.96. The van der Waals surface area contributed by atoms with Gasteiger partial charge < -0.3 is 4.90 Å². The second-order valence-electron chi connectivity index (χ2n) is 6.65. The van der Waals surface area contributed by atoms with Crippen molar-refractivity contribution in [3.63, 3.8) is 0 Å². The van der Waals surface area contributed by atoms with Gasteiger partial charge in [-0.1, -0.05) is 24.0 Å². The molecule has 0 saturated heterocycles. The number of carbonyl (C=O) groups is 1. The molecule has 0 fully saturated rings. The lowest BCUT2D eigenvalue weighted by molar-refractivity contribution is -0.175. The van der Waals surface area contributed by atoms with Crippen LogP contribution in [0.4, 0.5) is 24.7 Å². The van der Waals surface area contributed by atoms with Crippen molar-refractivity contribution >= 4 is 17.4 Å². The van der Waals surface area contributed by atoms with Gasteiger partial charge in [0.2, 0.25) is 0 Å². The van der Waals surface area contributed by atoms with Crippen LogP contribution in [0.15, 0.2) is 60.9 Å². The first-order valence-corrected chi connectivity index (χ1v) is 8.97. The van der Waals surface area contributed by atoms with E-state index >= 15 is 0 Å². The van der Waals surface area contributed by atoms with Gasteiger partial charge >= 0.3 is 12.1 Å². The summed E-state index contributed by atoms with van der Waals surface area (Å²) in [6.45, 7) is 0. The summed E-state index contributed by atoms with van der Waals surface area (Å²) in [6, 6.07) is 12.9. The first-order valence-electron chi connectivity index (χ1n) is 8.97. The Morgan fingerprint density at radius 3 is 2.29 bits per heavy atom. The topological polar surface area (TPSA) is 69.6 Å². The van der Waals surface area contributed by atoms with Gasteiger partial charge in [0.1, 0.15) is 5.82 Å². The zero-order valence-electron chi connectivity index (χ0n) is 16.6. The highest BCUT2D eigenvalue weighted by atomic mass is 19.4. The zero-order chi connectivity index (χ0) is 22.6. The molecule has 0 bridgehead atoms. The van der Waals surface area contributed by atoms with E-state index in [4.69, 9.17) is 0 Å². The Labute approximate surface area is 176 Å². The molecular weight excluding hydrogens is 409 g/mol. The van der Waals surface area contributed by atoms with Crippen LogP contribution in [-0.2, 0) is 4.79 Å². The fourth-order valence-electron chi connectivity index (χ4n) is 2.54. The monoisotopic (exact) mass is 426 g/mol. The van der Waals surface area contributed by atoms with Crippen LogP contribution in [0.3, 0.4) is 0 Å². The maximum atomic E-state index is 12.7. The minimum atomic E-state index is -5.22. The predicted molar refractivity (Wildman–Crippen MR) is 110 cm³/mol. The predicted octanol–water partition coefficient (Wildman–Crippen LogP) is 3.89. The molecule has 0 aliphatic carbocycles. The first-order chi connectivity index (χ1) is 14.6. The van der Waals surface area contributed by atoms with E-state index < -0.39 is 17.1 Å². The number of halogens is 3. The number of benzene rings is 1. The second kappa shape index (κ2) is 8.85. The number of pyridine rings is 2. The Kier molecular flexibility index (Phi) is 6.22. The number of amides is 1. The molecule has 31 heavy (non-hydrogen) atoms. The van der Waals surface area contributed by atoms with E-state index in [2.05, 4.69) is 21.8 Å². The molecule has 1 aromatic carbocycles. The number of hydroxylamine groups is 1. The molecule has 0 unspecified atom stereocenters. The summed E-state index contributed by atoms with van der Waals surface area (Å²) in [4.78, 5) is 21.3. The van der Waals surface area contributed by atoms with E-state index in [0.29, 0.717) is 11.1 Å². The smallest absolute Gasteiger partial charge is 0.363 e. The number of anilines is 2. The molecule has 3 aromatic rings. The van der Waals surface area contributed by atoms with Crippen molar-refractivity contribution in [1.82, 2.24) is 9.97 Å². The highest BCUT2D eigenvalue weighted by Gasteiger charge is 2.43. The van der Waals surface area contributed by atoms with Crippen molar-refractivity contribution < 1.29 is 23.2 Å². The summed E-state index contributed by atoms with van der Waals surface area (Å²) in [5.74, 6) is 3.84. The van der Waals surface area contributed by atoms with E-state index in [9.17, 15) is 23.2 Å². The van der Waals surface area contributed by atoms with Crippen LogP contribution in [0.1, 0.15) is 11.1 Å². The third-order valence-corrected chi connectivity index (χ3v) is 4.13. The molecule has 6 nitrogen and oxygen atoms in total. The van der Waals surface area contributed by atoms with Gasteiger partial charge in [-0.3, -0.25) is 15.0 Å². The third-order valence-electron chi connectivity index (χ3n) is 4.13. The summed E-state index contributed by atoms with van der Waals surface area (Å²) in [5, 5.41) is 9.39. The SMILES string of the molecule is CN(C)c1cc(N(O)C(=O)C(F)(F)F)cc(-c2ccc(C#Cc3cccnc3)cc2)n1. The van der Waals surface area contributed by atoms with Crippen LogP contribution in [0.25, 0.3) is 11.3 Å². The molecular formula is C22H17F3N4O2. The number of hydrogen-bond donors (Lipinski definition) is 1. The maximum Gasteiger partial charge on any atom is 0.473 e. The summed E-state index contributed by atoms with van der Waals surface area (Å²) in [7, 11) is 3.28. The van der Waals surface area contributed by atoms with Crippen molar-refractivity contribution in [2.75, 3.05) is 24.1 Å². The molecule has 9 heteroatoms. The Bertz CT molecular complexity index is 1140. The van der Waals surface area contributed by atoms with Crippen molar-refractivity contribution in [2.24, 2.45) is 0 Å². The van der Waals surface area contributed by atoms with Crippen molar-refractivity contribution in [3.8, 4) is 23.1 Å². The largest absolute Gasteiger partial charge is 0.473 e. The highest BCUT2D eigenvalue weighted by Crippen LogP contribution is 2.29. The molecule has 0 aliphatic rings. The zero-order valence-corrected chi connectivity index (χ0v) is 16.6. The normalized spacial score (nSPS) is 10.8. The quantitative estimate of drug-likeness (QED) is 0.391. The first kappa shape index (κ1) is 21.8. The van der Waals surface area contributed by atoms with Crippen LogP contribution >= 0.6 is 0 Å². The van der Waals surface area contributed by atoms with Gasteiger partial charge in [-0.15, -0.1) is 0 Å². The summed E-state index contributed by atoms with van der Waals surface area (Å²) in [6.07, 6.45) is -1.92. The van der Waals surface area contributed by atoms with E-state index in [1.165, 1.54) is 12.1 Å². The maximum absolute atomic E-state index is 12.7. The number of nitrogens with zero attached hydrogens (tertiary/aromatic N) is 4. The van der Waals surface area contributed by atoms with E-state index in [-0.39, 0.29) is 17.2 Å². The van der Waals surface area contributed by atoms with Gasteiger partial charge in [0.05, 0.1) is 11.4 Å². The lowest BCUT2D eigenvalue weighted by Crippen LogP contribution is -2.39. The Balaban J connectivity index is 1.94. The van der Waals surface area contributed by atoms with Gasteiger partial charge in [-0.2, -0.15) is 18.2 Å². The number of alkyl halides is 3.